The van der Waals surface area contributed by atoms with Crippen LogP contribution in [0.1, 0.15) is 18.4 Å². The van der Waals surface area contributed by atoms with Gasteiger partial charge >= 0.3 is 0 Å². The van der Waals surface area contributed by atoms with Gasteiger partial charge in [-0.05, 0) is 36.8 Å². The van der Waals surface area contributed by atoms with E-state index in [9.17, 15) is 4.79 Å². The van der Waals surface area contributed by atoms with E-state index in [4.69, 9.17) is 4.74 Å². The second-order valence-corrected chi connectivity index (χ2v) is 6.85. The van der Waals surface area contributed by atoms with Crippen molar-refractivity contribution in [3.05, 3.63) is 48.5 Å². The molecule has 1 atom stereocenters. The Balaban J connectivity index is 1.32. The second-order valence-electron chi connectivity index (χ2n) is 6.85. The molecule has 126 valence electrons. The van der Waals surface area contributed by atoms with Crippen molar-refractivity contribution in [2.45, 2.75) is 25.8 Å². The van der Waals surface area contributed by atoms with Crippen LogP contribution in [0, 0.1) is 11.8 Å². The van der Waals surface area contributed by atoms with Crippen LogP contribution >= 0.6 is 0 Å². The fraction of sp³-hybridized carbons (Fsp3) is 0.474. The van der Waals surface area contributed by atoms with E-state index in [0.717, 1.165) is 50.2 Å². The van der Waals surface area contributed by atoms with Crippen LogP contribution in [0.3, 0.4) is 0 Å². The molecule has 0 unspecified atom stereocenters. The van der Waals surface area contributed by atoms with E-state index >= 15 is 0 Å². The summed E-state index contributed by atoms with van der Waals surface area (Å²) in [6, 6.07) is 8.03. The molecule has 1 fully saturated rings. The topological polar surface area (TPSA) is 47.4 Å². The summed E-state index contributed by atoms with van der Waals surface area (Å²) in [5, 5.41) is 0. The van der Waals surface area contributed by atoms with E-state index in [1.165, 1.54) is 0 Å². The Labute approximate surface area is 142 Å². The number of hydrogen-bond donors (Lipinski definition) is 0. The van der Waals surface area contributed by atoms with Crippen molar-refractivity contribution in [1.82, 2.24) is 14.5 Å². The van der Waals surface area contributed by atoms with Gasteiger partial charge in [-0.15, -0.1) is 0 Å². The number of fused-ring (bicyclic) bond motifs is 1. The third kappa shape index (κ3) is 3.16. The Morgan fingerprint density at radius 2 is 2.08 bits per heavy atom. The molecule has 2 aromatic rings. The monoisotopic (exact) mass is 325 g/mol. The van der Waals surface area contributed by atoms with Gasteiger partial charge in [0.15, 0.2) is 0 Å². The van der Waals surface area contributed by atoms with Crippen LogP contribution in [0.15, 0.2) is 43.0 Å². The fourth-order valence-corrected chi connectivity index (χ4v) is 3.77. The minimum Gasteiger partial charge on any atom is -0.492 e. The highest BCUT2D eigenvalue weighted by atomic mass is 16.5. The predicted molar refractivity (Wildman–Crippen MR) is 90.7 cm³/mol. The van der Waals surface area contributed by atoms with E-state index in [0.29, 0.717) is 12.5 Å². The summed E-state index contributed by atoms with van der Waals surface area (Å²) in [7, 11) is 0. The molecule has 2 aliphatic heterocycles. The van der Waals surface area contributed by atoms with Gasteiger partial charge in [-0.3, -0.25) is 4.79 Å². The molecule has 1 aromatic heterocycles. The number of imidazole rings is 1. The van der Waals surface area contributed by atoms with E-state index in [2.05, 4.69) is 15.6 Å². The Kier molecular flexibility index (Phi) is 4.24. The average Bonchev–Trinajstić information content (AvgIpc) is 3.14. The van der Waals surface area contributed by atoms with Crippen LogP contribution in [0.2, 0.25) is 0 Å². The maximum Gasteiger partial charge on any atom is 0.229 e. The summed E-state index contributed by atoms with van der Waals surface area (Å²) >= 11 is 0. The van der Waals surface area contributed by atoms with Gasteiger partial charge in [-0.1, -0.05) is 18.2 Å². The highest BCUT2D eigenvalue weighted by molar-refractivity contribution is 5.80. The maximum atomic E-state index is 12.8. The molecule has 5 heteroatoms. The van der Waals surface area contributed by atoms with Crippen molar-refractivity contribution in [2.24, 2.45) is 11.8 Å². The molecule has 0 N–H and O–H groups in total. The molecule has 0 saturated carbocycles. The van der Waals surface area contributed by atoms with Crippen molar-refractivity contribution in [3.8, 4) is 5.75 Å². The number of rotatable bonds is 3. The quantitative estimate of drug-likeness (QED) is 0.870. The first kappa shape index (κ1) is 15.2. The standard InChI is InChI=1S/C19H23N3O2/c23-19(17-11-16-3-1-2-4-18(16)24-13-17)22-8-5-15(6-9-22)12-21-10-7-20-14-21/h1-4,7,10,14-15,17H,5-6,8-9,11-13H2/t17-/m1/s1. The number of likely N-dealkylation sites (tertiary alicyclic amines) is 1. The maximum absolute atomic E-state index is 12.8. The van der Waals surface area contributed by atoms with Gasteiger partial charge in [0.05, 0.1) is 12.2 Å². The van der Waals surface area contributed by atoms with Crippen molar-refractivity contribution in [2.75, 3.05) is 19.7 Å². The Hall–Kier alpha value is -2.30. The lowest BCUT2D eigenvalue weighted by Crippen LogP contribution is -2.45. The molecule has 0 aliphatic carbocycles. The molecule has 0 bridgehead atoms. The average molecular weight is 325 g/mol. The number of para-hydroxylation sites is 1. The molecule has 3 heterocycles. The molecule has 1 aromatic carbocycles. The lowest BCUT2D eigenvalue weighted by atomic mass is 9.92. The van der Waals surface area contributed by atoms with Crippen molar-refractivity contribution in [1.29, 1.82) is 0 Å². The molecule has 1 saturated heterocycles. The van der Waals surface area contributed by atoms with Gasteiger partial charge in [0.2, 0.25) is 5.91 Å². The summed E-state index contributed by atoms with van der Waals surface area (Å²) in [5.41, 5.74) is 1.15. The van der Waals surface area contributed by atoms with Crippen LogP contribution in [0.5, 0.6) is 5.75 Å². The van der Waals surface area contributed by atoms with Crippen LogP contribution in [-0.4, -0.2) is 40.1 Å². The molecule has 5 nitrogen and oxygen atoms in total. The predicted octanol–water partition coefficient (Wildman–Crippen LogP) is 2.37. The normalized spacial score (nSPS) is 21.2. The molecule has 1 amide bonds. The number of amides is 1. The molecular formula is C19H23N3O2. The summed E-state index contributed by atoms with van der Waals surface area (Å²) in [4.78, 5) is 18.9. The van der Waals surface area contributed by atoms with Gasteiger partial charge in [0.25, 0.3) is 0 Å². The minimum absolute atomic E-state index is 0.0369. The van der Waals surface area contributed by atoms with Gasteiger partial charge in [0.1, 0.15) is 12.4 Å². The van der Waals surface area contributed by atoms with Crippen LogP contribution in [0.25, 0.3) is 0 Å². The van der Waals surface area contributed by atoms with Gasteiger partial charge in [-0.25, -0.2) is 4.98 Å². The van der Waals surface area contributed by atoms with E-state index < -0.39 is 0 Å². The highest BCUT2D eigenvalue weighted by Gasteiger charge is 2.31. The zero-order valence-electron chi connectivity index (χ0n) is 13.8. The van der Waals surface area contributed by atoms with E-state index in [1.807, 2.05) is 41.8 Å². The number of carbonyl (C=O) groups excluding carboxylic acids is 1. The third-order valence-electron chi connectivity index (χ3n) is 5.18. The summed E-state index contributed by atoms with van der Waals surface area (Å²) in [5.74, 6) is 1.78. The molecular weight excluding hydrogens is 302 g/mol. The number of carbonyl (C=O) groups is 1. The van der Waals surface area contributed by atoms with Crippen LogP contribution < -0.4 is 4.74 Å². The van der Waals surface area contributed by atoms with Crippen LogP contribution in [-0.2, 0) is 17.8 Å². The fourth-order valence-electron chi connectivity index (χ4n) is 3.77. The molecule has 2 aliphatic rings. The SMILES string of the molecule is O=C([C@H]1COc2ccccc2C1)N1CCC(Cn2ccnc2)CC1. The molecule has 24 heavy (non-hydrogen) atoms. The first-order valence-electron chi connectivity index (χ1n) is 8.75. The number of hydrogen-bond acceptors (Lipinski definition) is 3. The highest BCUT2D eigenvalue weighted by Crippen LogP contribution is 2.29. The zero-order chi connectivity index (χ0) is 16.4. The Morgan fingerprint density at radius 1 is 1.25 bits per heavy atom. The largest absolute Gasteiger partial charge is 0.492 e. The van der Waals surface area contributed by atoms with Gasteiger partial charge in [0, 0.05) is 32.0 Å². The van der Waals surface area contributed by atoms with Crippen molar-refractivity contribution < 1.29 is 9.53 Å². The number of aromatic nitrogens is 2. The first-order valence-corrected chi connectivity index (χ1v) is 8.75. The Bertz CT molecular complexity index is 690. The van der Waals surface area contributed by atoms with Gasteiger partial charge in [-0.2, -0.15) is 0 Å². The number of piperidine rings is 1. The third-order valence-corrected chi connectivity index (χ3v) is 5.18. The lowest BCUT2D eigenvalue weighted by molar-refractivity contribution is -0.138. The van der Waals surface area contributed by atoms with Crippen molar-refractivity contribution in [3.63, 3.8) is 0 Å². The molecule has 0 radical (unpaired) electrons. The minimum atomic E-state index is -0.0369. The number of benzene rings is 1. The van der Waals surface area contributed by atoms with E-state index in [1.54, 1.807) is 0 Å². The van der Waals surface area contributed by atoms with E-state index in [-0.39, 0.29) is 11.8 Å². The summed E-state index contributed by atoms with van der Waals surface area (Å²) in [6.07, 6.45) is 8.62. The number of nitrogens with zero attached hydrogens (tertiary/aromatic N) is 3. The summed E-state index contributed by atoms with van der Waals surface area (Å²) < 4.78 is 7.91. The van der Waals surface area contributed by atoms with Crippen molar-refractivity contribution >= 4 is 5.91 Å². The lowest BCUT2D eigenvalue weighted by Gasteiger charge is -2.35. The second kappa shape index (κ2) is 6.67. The Morgan fingerprint density at radius 3 is 2.88 bits per heavy atom. The summed E-state index contributed by atoms with van der Waals surface area (Å²) in [6.45, 7) is 3.22. The first-order chi connectivity index (χ1) is 11.8. The van der Waals surface area contributed by atoms with Gasteiger partial charge < -0.3 is 14.2 Å². The zero-order valence-corrected chi connectivity index (χ0v) is 13.8. The number of ether oxygens (including phenoxy) is 1. The molecule has 0 spiro atoms. The van der Waals surface area contributed by atoms with Crippen LogP contribution in [0.4, 0.5) is 0 Å². The smallest absolute Gasteiger partial charge is 0.229 e. The molecule has 4 rings (SSSR count).